The summed E-state index contributed by atoms with van der Waals surface area (Å²) in [6.45, 7) is 0.680. The molecule has 2 heterocycles. The molecule has 0 N–H and O–H groups in total. The highest BCUT2D eigenvalue weighted by molar-refractivity contribution is 5.59. The molecule has 0 radical (unpaired) electrons. The second-order valence-electron chi connectivity index (χ2n) is 6.61. The number of benzene rings is 2. The van der Waals surface area contributed by atoms with Crippen LogP contribution in [0, 0.1) is 5.82 Å². The van der Waals surface area contributed by atoms with Crippen LogP contribution < -0.4 is 16.0 Å². The molecule has 8 nitrogen and oxygen atoms in total. The predicted octanol–water partition coefficient (Wildman–Crippen LogP) is 2.11. The zero-order valence-electron chi connectivity index (χ0n) is 16.2. The second kappa shape index (κ2) is 8.24. The third-order valence-electron chi connectivity index (χ3n) is 4.51. The number of nitrogens with zero attached hydrogens (tertiary/aromatic N) is 5. The summed E-state index contributed by atoms with van der Waals surface area (Å²) in [5, 5.41) is 4.49. The van der Waals surface area contributed by atoms with E-state index in [2.05, 4.69) is 15.1 Å². The lowest BCUT2D eigenvalue weighted by Gasteiger charge is -2.15. The summed E-state index contributed by atoms with van der Waals surface area (Å²) < 4.78 is 21.0. The van der Waals surface area contributed by atoms with E-state index in [-0.39, 0.29) is 17.3 Å². The molecule has 0 saturated carbocycles. The molecule has 0 fully saturated rings. The van der Waals surface area contributed by atoms with E-state index in [1.54, 1.807) is 12.1 Å². The smallest absolute Gasteiger partial charge is 0.352 e. The highest BCUT2D eigenvalue weighted by atomic mass is 19.1. The van der Waals surface area contributed by atoms with Gasteiger partial charge < -0.3 is 4.74 Å². The molecule has 2 aromatic rings. The molecule has 0 aliphatic carbocycles. The van der Waals surface area contributed by atoms with E-state index >= 15 is 0 Å². The number of rotatable bonds is 6. The number of fused-ring (bicyclic) bond motifs is 1. The zero-order chi connectivity index (χ0) is 21.1. The molecule has 0 atom stereocenters. The molecule has 0 amide bonds. The summed E-state index contributed by atoms with van der Waals surface area (Å²) in [7, 11) is 1.36. The van der Waals surface area contributed by atoms with Gasteiger partial charge in [-0.05, 0) is 24.3 Å². The van der Waals surface area contributed by atoms with Gasteiger partial charge >= 0.3 is 5.69 Å². The summed E-state index contributed by atoms with van der Waals surface area (Å²) in [6.07, 6.45) is 0.521. The Kier molecular flexibility index (Phi) is 5.34. The van der Waals surface area contributed by atoms with Gasteiger partial charge in [-0.15, -0.1) is 0 Å². The molecule has 0 saturated heterocycles. The maximum absolute atomic E-state index is 13.0. The summed E-state index contributed by atoms with van der Waals surface area (Å²) in [5.41, 5.74) is -0.380. The van der Waals surface area contributed by atoms with Crippen molar-refractivity contribution >= 4 is 0 Å². The molecule has 2 aliphatic rings. The normalized spacial score (nSPS) is 11.0. The summed E-state index contributed by atoms with van der Waals surface area (Å²) in [4.78, 5) is 33.0. The van der Waals surface area contributed by atoms with Crippen LogP contribution >= 0.6 is 0 Å². The van der Waals surface area contributed by atoms with Crippen molar-refractivity contribution in [3.63, 3.8) is 0 Å². The van der Waals surface area contributed by atoms with Gasteiger partial charge in [0.1, 0.15) is 11.6 Å². The van der Waals surface area contributed by atoms with Crippen LogP contribution in [0.5, 0.6) is 5.75 Å². The Bertz CT molecular complexity index is 1250. The Morgan fingerprint density at radius 3 is 2.47 bits per heavy atom. The number of aromatic nitrogens is 5. The standard InChI is InChI=1S/C21H18FN5O3/c1-26-20(28)17-19(24-21(26)29)27(25-18(23-17)14-6-3-2-4-7-14)12-5-13-30-16-10-8-15(22)9-11-16/h2-4,6-11H,5,12-13H2,1H3. The van der Waals surface area contributed by atoms with Crippen LogP contribution in [0.4, 0.5) is 4.39 Å². The van der Waals surface area contributed by atoms with Gasteiger partial charge in [-0.2, -0.15) is 10.1 Å². The van der Waals surface area contributed by atoms with Crippen LogP contribution in [0.2, 0.25) is 0 Å². The average molecular weight is 407 g/mol. The Morgan fingerprint density at radius 2 is 1.73 bits per heavy atom. The van der Waals surface area contributed by atoms with Gasteiger partial charge in [-0.1, -0.05) is 30.3 Å². The Morgan fingerprint density at radius 1 is 1.00 bits per heavy atom. The van der Waals surface area contributed by atoms with Crippen LogP contribution in [-0.4, -0.2) is 30.9 Å². The van der Waals surface area contributed by atoms with Crippen molar-refractivity contribution in [3.05, 3.63) is 81.3 Å². The number of halogens is 1. The molecule has 2 aliphatic heterocycles. The third kappa shape index (κ3) is 3.95. The minimum atomic E-state index is -0.667. The van der Waals surface area contributed by atoms with E-state index < -0.39 is 11.2 Å². The van der Waals surface area contributed by atoms with E-state index in [0.717, 1.165) is 10.1 Å². The minimum Gasteiger partial charge on any atom is -0.494 e. The van der Waals surface area contributed by atoms with Crippen LogP contribution in [0.3, 0.4) is 0 Å². The fraction of sp³-hybridized carbons (Fsp3) is 0.190. The SMILES string of the molecule is Cn1c(=O)nc2n(CCCOc3ccc(F)cc3)nc(-c3ccccc3)nc-2c1=O. The van der Waals surface area contributed by atoms with Gasteiger partial charge in [0.2, 0.25) is 0 Å². The molecule has 30 heavy (non-hydrogen) atoms. The molecular formula is C21H18FN5O3. The van der Waals surface area contributed by atoms with Crippen molar-refractivity contribution in [2.24, 2.45) is 7.05 Å². The predicted molar refractivity (Wildman–Crippen MR) is 108 cm³/mol. The first kappa shape index (κ1) is 19.4. The van der Waals surface area contributed by atoms with E-state index in [9.17, 15) is 14.0 Å². The first-order chi connectivity index (χ1) is 14.5. The van der Waals surface area contributed by atoms with Gasteiger partial charge in [0.05, 0.1) is 6.61 Å². The first-order valence-corrected chi connectivity index (χ1v) is 9.32. The zero-order valence-corrected chi connectivity index (χ0v) is 16.2. The van der Waals surface area contributed by atoms with Crippen molar-refractivity contribution < 1.29 is 9.13 Å². The van der Waals surface area contributed by atoms with Crippen molar-refractivity contribution in [1.29, 1.82) is 0 Å². The molecule has 0 unspecified atom stereocenters. The van der Waals surface area contributed by atoms with Crippen LogP contribution in [-0.2, 0) is 13.6 Å². The monoisotopic (exact) mass is 407 g/mol. The van der Waals surface area contributed by atoms with Gasteiger partial charge in [0, 0.05) is 25.6 Å². The quantitative estimate of drug-likeness (QED) is 0.455. The van der Waals surface area contributed by atoms with Crippen LogP contribution in [0.15, 0.2) is 64.2 Å². The topological polar surface area (TPSA) is 91.9 Å². The maximum Gasteiger partial charge on any atom is 0.352 e. The lowest BCUT2D eigenvalue weighted by Crippen LogP contribution is -2.37. The second-order valence-corrected chi connectivity index (χ2v) is 6.61. The Balaban J connectivity index is 1.64. The molecule has 4 rings (SSSR count). The van der Waals surface area contributed by atoms with Gasteiger partial charge in [-0.3, -0.25) is 9.36 Å². The molecular weight excluding hydrogens is 389 g/mol. The van der Waals surface area contributed by atoms with E-state index in [4.69, 9.17) is 4.74 Å². The Labute approximate surface area is 170 Å². The highest BCUT2D eigenvalue weighted by Crippen LogP contribution is 2.19. The largest absolute Gasteiger partial charge is 0.494 e. The maximum atomic E-state index is 13.0. The Hall–Kier alpha value is -3.88. The van der Waals surface area contributed by atoms with Crippen molar-refractivity contribution in [2.45, 2.75) is 13.0 Å². The van der Waals surface area contributed by atoms with Crippen LogP contribution in [0.25, 0.3) is 22.9 Å². The van der Waals surface area contributed by atoms with Crippen molar-refractivity contribution in [3.8, 4) is 28.7 Å². The number of ether oxygens (including phenoxy) is 1. The van der Waals surface area contributed by atoms with E-state index in [0.29, 0.717) is 31.1 Å². The summed E-state index contributed by atoms with van der Waals surface area (Å²) >= 11 is 0. The number of hydrogen-bond acceptors (Lipinski definition) is 6. The van der Waals surface area contributed by atoms with Crippen molar-refractivity contribution in [2.75, 3.05) is 6.61 Å². The fourth-order valence-corrected chi connectivity index (χ4v) is 2.93. The molecule has 0 spiro atoms. The summed E-state index contributed by atoms with van der Waals surface area (Å²) in [5.74, 6) is 0.706. The molecule has 0 aromatic heterocycles. The molecule has 152 valence electrons. The first-order valence-electron chi connectivity index (χ1n) is 9.32. The summed E-state index contributed by atoms with van der Waals surface area (Å²) in [6, 6.07) is 15.0. The lowest BCUT2D eigenvalue weighted by atomic mass is 10.2. The van der Waals surface area contributed by atoms with Gasteiger partial charge in [0.25, 0.3) is 5.56 Å². The molecule has 0 bridgehead atoms. The average Bonchev–Trinajstić information content (AvgIpc) is 2.77. The third-order valence-corrected chi connectivity index (χ3v) is 4.51. The molecule has 2 aromatic carbocycles. The highest BCUT2D eigenvalue weighted by Gasteiger charge is 2.20. The fourth-order valence-electron chi connectivity index (χ4n) is 2.93. The number of aryl methyl sites for hydroxylation is 1. The lowest BCUT2D eigenvalue weighted by molar-refractivity contribution is 0.297. The van der Waals surface area contributed by atoms with Crippen molar-refractivity contribution in [1.82, 2.24) is 24.3 Å². The van der Waals surface area contributed by atoms with Crippen LogP contribution in [0.1, 0.15) is 6.42 Å². The number of hydrogen-bond donors (Lipinski definition) is 0. The minimum absolute atomic E-state index is 0.0745. The van der Waals surface area contributed by atoms with Gasteiger partial charge in [0.15, 0.2) is 17.3 Å². The van der Waals surface area contributed by atoms with E-state index in [1.165, 1.54) is 23.9 Å². The molecule has 9 heteroatoms. The van der Waals surface area contributed by atoms with Gasteiger partial charge in [-0.25, -0.2) is 18.9 Å². The van der Waals surface area contributed by atoms with E-state index in [1.807, 2.05) is 30.3 Å².